The third-order valence-corrected chi connectivity index (χ3v) is 6.66. The number of benzene rings is 2. The number of hydrogen-bond donors (Lipinski definition) is 5. The van der Waals surface area contributed by atoms with E-state index < -0.39 is 20.7 Å². The lowest BCUT2D eigenvalue weighted by Gasteiger charge is -2.28. The van der Waals surface area contributed by atoms with E-state index in [1.807, 2.05) is 0 Å². The van der Waals surface area contributed by atoms with Gasteiger partial charge in [-0.1, -0.05) is 36.4 Å². The van der Waals surface area contributed by atoms with Gasteiger partial charge in [-0.05, 0) is 24.3 Å². The molecule has 7 nitrogen and oxygen atoms in total. The molecule has 2 rings (SSSR count). The molecule has 9 heteroatoms. The summed E-state index contributed by atoms with van der Waals surface area (Å²) in [6, 6.07) is 16.2. The molecule has 0 fully saturated rings. The van der Waals surface area contributed by atoms with Crippen molar-refractivity contribution in [2.45, 2.75) is 5.52 Å². The molecule has 0 aliphatic rings. The number of nitrogens with one attached hydrogen (secondary N) is 1. The zero-order valence-corrected chi connectivity index (χ0v) is 13.1. The molecule has 0 amide bonds. The van der Waals surface area contributed by atoms with Crippen LogP contribution in [0.15, 0.2) is 60.7 Å². The van der Waals surface area contributed by atoms with Crippen LogP contribution in [0.5, 0.6) is 0 Å². The van der Waals surface area contributed by atoms with Gasteiger partial charge in [-0.2, -0.15) is 0 Å². The molecule has 118 valence electrons. The molecule has 0 aromatic heterocycles. The summed E-state index contributed by atoms with van der Waals surface area (Å²) in [5, 5.41) is 0. The molecule has 0 saturated heterocycles. The van der Waals surface area contributed by atoms with Crippen molar-refractivity contribution >= 4 is 26.6 Å². The standard InChI is InChI=1S/C13H15NO6P2/c15-21(16,17)13(22(18,19)20)14(11-7-3-1-4-8-11)12-9-5-2-6-10-12/h1-10,13H,(H2,15,16,17)(H2,18,19,20)/p+1. The van der Waals surface area contributed by atoms with E-state index in [9.17, 15) is 28.7 Å². The molecule has 0 radical (unpaired) electrons. The third kappa shape index (κ3) is 3.91. The van der Waals surface area contributed by atoms with Crippen LogP contribution < -0.4 is 4.90 Å². The van der Waals surface area contributed by atoms with E-state index in [4.69, 9.17) is 0 Å². The van der Waals surface area contributed by atoms with E-state index in [1.54, 1.807) is 60.7 Å². The Morgan fingerprint density at radius 1 is 0.682 bits per heavy atom. The molecule has 0 spiro atoms. The minimum Gasteiger partial charge on any atom is -0.320 e. The molecule has 0 aliphatic carbocycles. The molecule has 22 heavy (non-hydrogen) atoms. The molecule has 0 heterocycles. The van der Waals surface area contributed by atoms with Crippen LogP contribution in [0, 0.1) is 0 Å². The summed E-state index contributed by atoms with van der Waals surface area (Å²) in [6.07, 6.45) is 0. The van der Waals surface area contributed by atoms with Crippen molar-refractivity contribution in [3.8, 4) is 0 Å². The van der Waals surface area contributed by atoms with Crippen LogP contribution in [0.25, 0.3) is 0 Å². The maximum absolute atomic E-state index is 11.7. The van der Waals surface area contributed by atoms with Crippen molar-refractivity contribution in [1.29, 1.82) is 0 Å². The topological polar surface area (TPSA) is 120 Å². The Morgan fingerprint density at radius 3 is 1.27 bits per heavy atom. The monoisotopic (exact) mass is 344 g/mol. The minimum atomic E-state index is -5.08. The molecule has 5 N–H and O–H groups in total. The van der Waals surface area contributed by atoms with Crippen molar-refractivity contribution in [3.63, 3.8) is 0 Å². The van der Waals surface area contributed by atoms with Gasteiger partial charge >= 0.3 is 15.2 Å². The van der Waals surface area contributed by atoms with Crippen molar-refractivity contribution in [2.75, 3.05) is 0 Å². The molecule has 0 bridgehead atoms. The lowest BCUT2D eigenvalue weighted by atomic mass is 10.2. The van der Waals surface area contributed by atoms with Gasteiger partial charge in [-0.3, -0.25) is 9.13 Å². The van der Waals surface area contributed by atoms with Gasteiger partial charge in [0.05, 0.1) is 0 Å². The first-order chi connectivity index (χ1) is 10.2. The first-order valence-corrected chi connectivity index (χ1v) is 9.65. The Hall–Kier alpha value is -1.30. The van der Waals surface area contributed by atoms with Crippen LogP contribution in [-0.2, 0) is 9.13 Å². The van der Waals surface area contributed by atoms with Crippen LogP contribution in [-0.4, -0.2) is 25.1 Å². The Morgan fingerprint density at radius 2 is 1.00 bits per heavy atom. The lowest BCUT2D eigenvalue weighted by Crippen LogP contribution is -3.06. The molecular formula is C13H16NO6P2+. The van der Waals surface area contributed by atoms with Gasteiger partial charge in [0.25, 0.3) is 5.52 Å². The summed E-state index contributed by atoms with van der Waals surface area (Å²) in [6.45, 7) is 0. The van der Waals surface area contributed by atoms with Crippen molar-refractivity contribution < 1.29 is 33.6 Å². The van der Waals surface area contributed by atoms with Crippen LogP contribution in [0.4, 0.5) is 11.4 Å². The third-order valence-electron chi connectivity index (χ3n) is 3.06. The predicted molar refractivity (Wildman–Crippen MR) is 81.0 cm³/mol. The van der Waals surface area contributed by atoms with Gasteiger partial charge in [0, 0.05) is 0 Å². The largest absolute Gasteiger partial charge is 0.396 e. The number of quaternary nitrogens is 1. The summed E-state index contributed by atoms with van der Waals surface area (Å²) >= 11 is 0. The van der Waals surface area contributed by atoms with Crippen molar-refractivity contribution in [1.82, 2.24) is 0 Å². The van der Waals surface area contributed by atoms with E-state index in [0.29, 0.717) is 11.4 Å². The van der Waals surface area contributed by atoms with Crippen LogP contribution >= 0.6 is 15.2 Å². The van der Waals surface area contributed by atoms with Gasteiger partial charge < -0.3 is 19.6 Å². The lowest BCUT2D eigenvalue weighted by molar-refractivity contribution is -0.761. The smallest absolute Gasteiger partial charge is 0.320 e. The van der Waals surface area contributed by atoms with Gasteiger partial charge in [-0.25, -0.2) is 4.90 Å². The second-order valence-electron chi connectivity index (χ2n) is 4.70. The fourth-order valence-corrected chi connectivity index (χ4v) is 5.07. The first-order valence-electron chi connectivity index (χ1n) is 6.29. The second-order valence-corrected chi connectivity index (χ2v) is 8.49. The maximum atomic E-state index is 11.7. The fourth-order valence-electron chi connectivity index (χ4n) is 2.23. The summed E-state index contributed by atoms with van der Waals surface area (Å²) in [7, 11) is -10.2. The average Bonchev–Trinajstić information content (AvgIpc) is 2.44. The van der Waals surface area contributed by atoms with E-state index in [1.165, 1.54) is 0 Å². The Labute approximate surface area is 127 Å². The molecule has 2 aromatic rings. The van der Waals surface area contributed by atoms with Crippen LogP contribution in [0.1, 0.15) is 0 Å². The maximum Gasteiger partial charge on any atom is 0.396 e. The highest BCUT2D eigenvalue weighted by Crippen LogP contribution is 2.57. The molecule has 0 atom stereocenters. The normalized spacial score (nSPS) is 12.8. The number of hydrogen-bond acceptors (Lipinski definition) is 2. The van der Waals surface area contributed by atoms with Crippen molar-refractivity contribution in [2.24, 2.45) is 0 Å². The minimum absolute atomic E-state index is 0.0668. The van der Waals surface area contributed by atoms with Crippen LogP contribution in [0.3, 0.4) is 0 Å². The Kier molecular flexibility index (Phi) is 5.00. The van der Waals surface area contributed by atoms with E-state index >= 15 is 0 Å². The predicted octanol–water partition coefficient (Wildman–Crippen LogP) is 1.17. The number of rotatable bonds is 5. The number of para-hydroxylation sites is 2. The summed E-state index contributed by atoms with van der Waals surface area (Å²) in [5.74, 6) is 0. The molecular weight excluding hydrogens is 328 g/mol. The van der Waals surface area contributed by atoms with Gasteiger partial charge in [0.15, 0.2) is 0 Å². The highest BCUT2D eigenvalue weighted by molar-refractivity contribution is 7.70. The molecule has 0 unspecified atom stereocenters. The quantitative estimate of drug-likeness (QED) is 0.520. The first kappa shape index (κ1) is 17.1. The van der Waals surface area contributed by atoms with Gasteiger partial charge in [-0.15, -0.1) is 0 Å². The zero-order chi connectivity index (χ0) is 16.4. The van der Waals surface area contributed by atoms with Crippen molar-refractivity contribution in [3.05, 3.63) is 60.7 Å². The van der Waals surface area contributed by atoms with Gasteiger partial charge in [0.1, 0.15) is 11.4 Å². The van der Waals surface area contributed by atoms with Gasteiger partial charge in [0.2, 0.25) is 0 Å². The second kappa shape index (κ2) is 6.44. The van der Waals surface area contributed by atoms with Crippen LogP contribution in [0.2, 0.25) is 0 Å². The molecule has 2 aromatic carbocycles. The fraction of sp³-hybridized carbons (Fsp3) is 0.0769. The molecule has 0 aliphatic heterocycles. The van der Waals surface area contributed by atoms with E-state index in [0.717, 1.165) is 0 Å². The SMILES string of the molecule is O=P(O)(O)C([NH+](c1ccccc1)c1ccccc1)P(=O)(O)O. The summed E-state index contributed by atoms with van der Waals surface area (Å²) in [5.41, 5.74) is -1.50. The highest BCUT2D eigenvalue weighted by Gasteiger charge is 2.53. The summed E-state index contributed by atoms with van der Waals surface area (Å²) < 4.78 is 23.5. The summed E-state index contributed by atoms with van der Waals surface area (Å²) in [4.78, 5) is 37.9. The Balaban J connectivity index is 2.67. The highest BCUT2D eigenvalue weighted by atomic mass is 31.2. The zero-order valence-electron chi connectivity index (χ0n) is 11.4. The Bertz CT molecular complexity index is 650. The van der Waals surface area contributed by atoms with E-state index in [2.05, 4.69) is 0 Å². The average molecular weight is 344 g/mol. The molecule has 0 saturated carbocycles. The van der Waals surface area contributed by atoms with E-state index in [-0.39, 0.29) is 4.90 Å².